The van der Waals surface area contributed by atoms with Gasteiger partial charge < -0.3 is 9.72 Å². The minimum Gasteiger partial charge on any atom is -0.450 e. The molecule has 9 heteroatoms. The highest BCUT2D eigenvalue weighted by atomic mass is 32.2. The van der Waals surface area contributed by atoms with E-state index in [4.69, 9.17) is 4.74 Å². The molecule has 0 radical (unpaired) electrons. The summed E-state index contributed by atoms with van der Waals surface area (Å²) in [5, 5.41) is 0. The molecule has 1 saturated heterocycles. The van der Waals surface area contributed by atoms with Crippen molar-refractivity contribution in [1.82, 2.24) is 9.29 Å². The van der Waals surface area contributed by atoms with Gasteiger partial charge in [-0.1, -0.05) is 0 Å². The normalized spacial score (nSPS) is 23.2. The van der Waals surface area contributed by atoms with Crippen LogP contribution in [0.3, 0.4) is 0 Å². The summed E-state index contributed by atoms with van der Waals surface area (Å²) < 4.78 is 31.8. The lowest BCUT2D eigenvalue weighted by Crippen LogP contribution is -2.37. The molecule has 0 bridgehead atoms. The van der Waals surface area contributed by atoms with Crippen LogP contribution in [-0.4, -0.2) is 60.2 Å². The number of esters is 1. The van der Waals surface area contributed by atoms with Crippen molar-refractivity contribution in [2.45, 2.75) is 36.7 Å². The van der Waals surface area contributed by atoms with E-state index in [9.17, 15) is 18.0 Å². The average molecular weight is 372 g/mol. The maximum absolute atomic E-state index is 12.6. The second-order valence-corrected chi connectivity index (χ2v) is 9.03. The van der Waals surface area contributed by atoms with Crippen molar-refractivity contribution >= 4 is 33.5 Å². The molecule has 1 aromatic rings. The number of sulfonamides is 1. The van der Waals surface area contributed by atoms with Gasteiger partial charge in [-0.15, -0.1) is 0 Å². The van der Waals surface area contributed by atoms with E-state index in [0.717, 1.165) is 24.3 Å². The first-order valence-electron chi connectivity index (χ1n) is 7.98. The van der Waals surface area contributed by atoms with Crippen molar-refractivity contribution < 1.29 is 22.7 Å². The van der Waals surface area contributed by atoms with Crippen LogP contribution in [0.2, 0.25) is 0 Å². The third-order valence-electron chi connectivity index (χ3n) is 4.23. The quantitative estimate of drug-likeness (QED) is 0.803. The minimum absolute atomic E-state index is 0.0521. The Labute approximate surface area is 145 Å². The Balaban J connectivity index is 1.70. The van der Waals surface area contributed by atoms with Crippen molar-refractivity contribution in [3.63, 3.8) is 0 Å². The molecule has 132 valence electrons. The van der Waals surface area contributed by atoms with Gasteiger partial charge in [0.15, 0.2) is 11.9 Å². The van der Waals surface area contributed by atoms with E-state index in [1.807, 2.05) is 0 Å². The van der Waals surface area contributed by atoms with Gasteiger partial charge in [0.2, 0.25) is 10.0 Å². The molecule has 1 unspecified atom stereocenters. The molecule has 1 aliphatic heterocycles. The van der Waals surface area contributed by atoms with Crippen molar-refractivity contribution in [3.8, 4) is 0 Å². The van der Waals surface area contributed by atoms with Crippen molar-refractivity contribution in [1.29, 1.82) is 0 Å². The number of Topliss-reactive ketones (excluding diaryl/α,β-unsaturated/α-hetero) is 1. The first-order valence-corrected chi connectivity index (χ1v) is 10.6. The van der Waals surface area contributed by atoms with Gasteiger partial charge in [-0.05, 0) is 25.3 Å². The van der Waals surface area contributed by atoms with E-state index >= 15 is 0 Å². The largest absolute Gasteiger partial charge is 0.450 e. The lowest BCUT2D eigenvalue weighted by Gasteiger charge is -2.24. The van der Waals surface area contributed by atoms with Gasteiger partial charge in [0.25, 0.3) is 0 Å². The van der Waals surface area contributed by atoms with Gasteiger partial charge in [-0.2, -0.15) is 16.1 Å². The highest BCUT2D eigenvalue weighted by Crippen LogP contribution is 2.22. The van der Waals surface area contributed by atoms with Gasteiger partial charge in [0.1, 0.15) is 10.6 Å². The Morgan fingerprint density at radius 2 is 2.04 bits per heavy atom. The number of aromatic nitrogens is 1. The third kappa shape index (κ3) is 3.68. The second kappa shape index (κ2) is 7.28. The predicted molar refractivity (Wildman–Crippen MR) is 89.6 cm³/mol. The van der Waals surface area contributed by atoms with Gasteiger partial charge in [0, 0.05) is 37.2 Å². The fourth-order valence-corrected chi connectivity index (χ4v) is 5.42. The summed E-state index contributed by atoms with van der Waals surface area (Å²) in [6.45, 7) is 0.934. The highest BCUT2D eigenvalue weighted by Gasteiger charge is 2.30. The number of thioether (sulfide) groups is 1. The van der Waals surface area contributed by atoms with E-state index in [1.165, 1.54) is 16.6 Å². The van der Waals surface area contributed by atoms with E-state index in [-0.39, 0.29) is 16.4 Å². The Morgan fingerprint density at radius 1 is 1.29 bits per heavy atom. The van der Waals surface area contributed by atoms with Crippen molar-refractivity contribution in [3.05, 3.63) is 18.0 Å². The number of carbonyl (C=O) groups excluding carboxylic acids is 2. The zero-order valence-electron chi connectivity index (χ0n) is 13.2. The number of hydrogen-bond donors (Lipinski definition) is 1. The van der Waals surface area contributed by atoms with E-state index in [0.29, 0.717) is 25.9 Å². The van der Waals surface area contributed by atoms with Crippen LogP contribution in [0.4, 0.5) is 0 Å². The molecule has 7 nitrogen and oxygen atoms in total. The zero-order valence-corrected chi connectivity index (χ0v) is 14.8. The molecular formula is C15H20N2O5S2. The molecule has 2 heterocycles. The van der Waals surface area contributed by atoms with Gasteiger partial charge in [-0.3, -0.25) is 4.79 Å². The number of nitrogens with zero attached hydrogens (tertiary/aromatic N) is 1. The van der Waals surface area contributed by atoms with Gasteiger partial charge in [-0.25, -0.2) is 13.2 Å². The molecule has 24 heavy (non-hydrogen) atoms. The topological polar surface area (TPSA) is 96.5 Å². The maximum atomic E-state index is 12.6. The van der Waals surface area contributed by atoms with Crippen LogP contribution < -0.4 is 0 Å². The number of rotatable bonds is 4. The van der Waals surface area contributed by atoms with Gasteiger partial charge >= 0.3 is 5.97 Å². The average Bonchev–Trinajstić information content (AvgIpc) is 3.09. The smallest absolute Gasteiger partial charge is 0.355 e. The first kappa shape index (κ1) is 17.5. The Kier molecular flexibility index (Phi) is 5.31. The Hall–Kier alpha value is -1.32. The van der Waals surface area contributed by atoms with E-state index in [2.05, 4.69) is 4.98 Å². The van der Waals surface area contributed by atoms with E-state index < -0.39 is 22.1 Å². The summed E-state index contributed by atoms with van der Waals surface area (Å²) in [5.74, 6) is 0.774. The first-order chi connectivity index (χ1) is 11.5. The molecule has 2 fully saturated rings. The maximum Gasteiger partial charge on any atom is 0.355 e. The molecule has 1 atom stereocenters. The lowest BCUT2D eigenvalue weighted by atomic mass is 9.96. The molecule has 0 aromatic carbocycles. The Bertz CT molecular complexity index is 722. The summed E-state index contributed by atoms with van der Waals surface area (Å²) in [6, 6.07) is 1.28. The van der Waals surface area contributed by atoms with Crippen LogP contribution in [0, 0.1) is 0 Å². The molecule has 0 spiro atoms. The molecule has 0 amide bonds. The molecule has 1 N–H and O–H groups in total. The number of hydrogen-bond acceptors (Lipinski definition) is 6. The fourth-order valence-electron chi connectivity index (χ4n) is 2.85. The van der Waals surface area contributed by atoms with Crippen LogP contribution in [0.5, 0.6) is 0 Å². The molecule has 2 aliphatic rings. The minimum atomic E-state index is -3.60. The summed E-state index contributed by atoms with van der Waals surface area (Å²) in [6.07, 6.45) is 3.22. The summed E-state index contributed by atoms with van der Waals surface area (Å²) in [5.41, 5.74) is 0.0540. The predicted octanol–water partition coefficient (Wildman–Crippen LogP) is 1.42. The van der Waals surface area contributed by atoms with Crippen molar-refractivity contribution in [2.24, 2.45) is 0 Å². The number of aromatic amines is 1. The highest BCUT2D eigenvalue weighted by molar-refractivity contribution is 7.99. The summed E-state index contributed by atoms with van der Waals surface area (Å²) in [7, 11) is -3.60. The Morgan fingerprint density at radius 3 is 2.75 bits per heavy atom. The van der Waals surface area contributed by atoms with E-state index in [1.54, 1.807) is 11.8 Å². The fraction of sp³-hybridized carbons (Fsp3) is 0.600. The number of H-pyrrole nitrogens is 1. The van der Waals surface area contributed by atoms with Crippen LogP contribution in [-0.2, 0) is 19.6 Å². The standard InChI is InChI=1S/C15H20N2O5S2/c18-13-3-1-2-4-14(13)22-15(19)12-9-11(10-16-12)24(20,21)17-5-7-23-8-6-17/h9-10,14,16H,1-8H2. The SMILES string of the molecule is O=C(OC1CCCCC1=O)c1cc(S(=O)(=O)N2CCSCC2)c[nH]1. The molecule has 3 rings (SSSR count). The second-order valence-electron chi connectivity index (χ2n) is 5.87. The lowest BCUT2D eigenvalue weighted by molar-refractivity contribution is -0.129. The van der Waals surface area contributed by atoms with Crippen molar-refractivity contribution in [2.75, 3.05) is 24.6 Å². The number of nitrogens with one attached hydrogen (secondary N) is 1. The summed E-state index contributed by atoms with van der Waals surface area (Å²) >= 11 is 1.72. The molecule has 1 aliphatic carbocycles. The third-order valence-corrected chi connectivity index (χ3v) is 7.05. The van der Waals surface area contributed by atoms with Crippen LogP contribution >= 0.6 is 11.8 Å². The number of ether oxygens (including phenoxy) is 1. The number of ketones is 1. The molecule has 1 saturated carbocycles. The van der Waals surface area contributed by atoms with Crippen LogP contribution in [0.25, 0.3) is 0 Å². The summed E-state index contributed by atoms with van der Waals surface area (Å²) in [4.78, 5) is 26.6. The number of carbonyl (C=O) groups is 2. The monoisotopic (exact) mass is 372 g/mol. The van der Waals surface area contributed by atoms with Gasteiger partial charge in [0.05, 0.1) is 0 Å². The molecule has 1 aromatic heterocycles. The van der Waals surface area contributed by atoms with Crippen LogP contribution in [0.15, 0.2) is 17.2 Å². The molecular weight excluding hydrogens is 352 g/mol. The zero-order chi connectivity index (χ0) is 17.2. The van der Waals surface area contributed by atoms with Crippen LogP contribution in [0.1, 0.15) is 36.2 Å².